The number of amides is 2. The number of carbonyl (C=O) groups excluding carboxylic acids is 2. The molecule has 0 aromatic heterocycles. The third-order valence-electron chi connectivity index (χ3n) is 5.00. The Labute approximate surface area is 191 Å². The van der Waals surface area contributed by atoms with Crippen molar-refractivity contribution in [2.45, 2.75) is 71.6 Å². The molecule has 6 nitrogen and oxygen atoms in total. The van der Waals surface area contributed by atoms with Crippen LogP contribution in [0.1, 0.15) is 58.9 Å². The van der Waals surface area contributed by atoms with Crippen LogP contribution in [-0.4, -0.2) is 53.1 Å². The third-order valence-corrected chi connectivity index (χ3v) is 5.35. The molecule has 1 aliphatic heterocycles. The van der Waals surface area contributed by atoms with Gasteiger partial charge in [-0.15, -0.1) is 6.42 Å². The molecule has 7 heteroatoms. The number of piperidine rings is 1. The van der Waals surface area contributed by atoms with Crippen LogP contribution in [-0.2, 0) is 16.1 Å². The van der Waals surface area contributed by atoms with Crippen LogP contribution < -0.4 is 5.32 Å². The monoisotopic (exact) mass is 447 g/mol. The fraction of sp³-hybridized carbons (Fsp3) is 0.583. The zero-order chi connectivity index (χ0) is 23.0. The van der Waals surface area contributed by atoms with Gasteiger partial charge in [-0.3, -0.25) is 14.6 Å². The number of terminal acetylenes is 1. The predicted octanol–water partition coefficient (Wildman–Crippen LogP) is 4.91. The lowest BCUT2D eigenvalue weighted by Crippen LogP contribution is -2.51. The van der Waals surface area contributed by atoms with Crippen LogP contribution in [0, 0.1) is 12.3 Å². The summed E-state index contributed by atoms with van der Waals surface area (Å²) >= 11 is 6.48. The zero-order valence-electron chi connectivity index (χ0n) is 19.0. The molecular formula is C24H34ClN3O3. The van der Waals surface area contributed by atoms with Crippen molar-refractivity contribution in [2.75, 3.05) is 25.0 Å². The Morgan fingerprint density at radius 3 is 2.71 bits per heavy atom. The average molecular weight is 448 g/mol. The summed E-state index contributed by atoms with van der Waals surface area (Å²) in [4.78, 5) is 29.2. The minimum Gasteiger partial charge on any atom is -0.444 e. The summed E-state index contributed by atoms with van der Waals surface area (Å²) < 4.78 is 5.49. The van der Waals surface area contributed by atoms with Gasteiger partial charge in [0.15, 0.2) is 0 Å². The van der Waals surface area contributed by atoms with Gasteiger partial charge in [0, 0.05) is 23.8 Å². The number of likely N-dealkylation sites (tertiary alicyclic amines) is 1. The van der Waals surface area contributed by atoms with Crippen LogP contribution >= 0.6 is 11.6 Å². The van der Waals surface area contributed by atoms with Gasteiger partial charge >= 0.3 is 6.09 Å². The van der Waals surface area contributed by atoms with Crippen molar-refractivity contribution in [1.82, 2.24) is 9.80 Å². The maximum atomic E-state index is 13.0. The van der Waals surface area contributed by atoms with Crippen molar-refractivity contribution in [3.05, 3.63) is 28.8 Å². The zero-order valence-corrected chi connectivity index (χ0v) is 19.8. The molecule has 0 radical (unpaired) electrons. The molecule has 1 aliphatic rings. The lowest BCUT2D eigenvalue weighted by atomic mass is 10.0. The molecule has 1 aromatic rings. The van der Waals surface area contributed by atoms with E-state index in [1.165, 1.54) is 4.90 Å². The van der Waals surface area contributed by atoms with Crippen molar-refractivity contribution < 1.29 is 14.3 Å². The highest BCUT2D eigenvalue weighted by molar-refractivity contribution is 6.31. The topological polar surface area (TPSA) is 61.9 Å². The lowest BCUT2D eigenvalue weighted by Gasteiger charge is -2.35. The van der Waals surface area contributed by atoms with Gasteiger partial charge in [0.05, 0.1) is 6.54 Å². The standard InChI is InChI=1S/C24H34ClN3O3/c1-6-13-27(14-7-2)17-18-11-12-19(16-20(18)25)26-22(29)21-10-8-9-15-28(21)23(30)31-24(3,4)5/h1,11-12,16,21H,7-10,13-15,17H2,2-5H3,(H,26,29)/t21-/m1/s1. The van der Waals surface area contributed by atoms with Gasteiger partial charge in [-0.25, -0.2) is 4.79 Å². The molecule has 0 unspecified atom stereocenters. The molecule has 0 spiro atoms. The van der Waals surface area contributed by atoms with Crippen LogP contribution in [0.3, 0.4) is 0 Å². The smallest absolute Gasteiger partial charge is 0.410 e. The molecule has 1 N–H and O–H groups in total. The van der Waals surface area contributed by atoms with E-state index in [-0.39, 0.29) is 5.91 Å². The number of carbonyl (C=O) groups is 2. The molecule has 2 amide bonds. The first-order valence-corrected chi connectivity index (χ1v) is 11.3. The molecule has 1 saturated heterocycles. The van der Waals surface area contributed by atoms with Gasteiger partial charge in [-0.2, -0.15) is 0 Å². The Morgan fingerprint density at radius 1 is 1.35 bits per heavy atom. The number of hydrogen-bond acceptors (Lipinski definition) is 4. The van der Waals surface area contributed by atoms with Gasteiger partial charge in [0.1, 0.15) is 11.6 Å². The molecule has 0 bridgehead atoms. The van der Waals surface area contributed by atoms with E-state index in [0.717, 1.165) is 31.4 Å². The fourth-order valence-corrected chi connectivity index (χ4v) is 3.86. The van der Waals surface area contributed by atoms with Crippen molar-refractivity contribution in [2.24, 2.45) is 0 Å². The molecular weight excluding hydrogens is 414 g/mol. The van der Waals surface area contributed by atoms with Gasteiger partial charge in [0.2, 0.25) is 5.91 Å². The first kappa shape index (κ1) is 25.0. The predicted molar refractivity (Wildman–Crippen MR) is 125 cm³/mol. The maximum Gasteiger partial charge on any atom is 0.410 e. The normalized spacial score (nSPS) is 16.7. The number of nitrogens with one attached hydrogen (secondary N) is 1. The van der Waals surface area contributed by atoms with E-state index in [1.54, 1.807) is 6.07 Å². The van der Waals surface area contributed by atoms with E-state index in [1.807, 2.05) is 32.9 Å². The Balaban J connectivity index is 2.07. The van der Waals surface area contributed by atoms with Crippen molar-refractivity contribution in [1.29, 1.82) is 0 Å². The van der Waals surface area contributed by atoms with E-state index in [4.69, 9.17) is 22.8 Å². The first-order valence-electron chi connectivity index (χ1n) is 10.9. The molecule has 170 valence electrons. The van der Waals surface area contributed by atoms with Crippen molar-refractivity contribution in [3.8, 4) is 12.3 Å². The van der Waals surface area contributed by atoms with E-state index in [2.05, 4.69) is 23.1 Å². The summed E-state index contributed by atoms with van der Waals surface area (Å²) in [5.74, 6) is 2.45. The molecule has 0 aliphatic carbocycles. The quantitative estimate of drug-likeness (QED) is 0.603. The van der Waals surface area contributed by atoms with Crippen molar-refractivity contribution >= 4 is 29.3 Å². The van der Waals surface area contributed by atoms with Crippen LogP contribution in [0.2, 0.25) is 5.02 Å². The molecule has 0 saturated carbocycles. The first-order chi connectivity index (χ1) is 14.6. The molecule has 1 heterocycles. The fourth-order valence-electron chi connectivity index (χ4n) is 3.62. The summed E-state index contributed by atoms with van der Waals surface area (Å²) in [6, 6.07) is 4.93. The number of rotatable bonds is 7. The van der Waals surface area contributed by atoms with Gasteiger partial charge < -0.3 is 10.1 Å². The van der Waals surface area contributed by atoms with Gasteiger partial charge in [-0.05, 0) is 70.7 Å². The second kappa shape index (κ2) is 11.4. The molecule has 1 atom stereocenters. The van der Waals surface area contributed by atoms with E-state index < -0.39 is 17.7 Å². The lowest BCUT2D eigenvalue weighted by molar-refractivity contribution is -0.122. The summed E-state index contributed by atoms with van der Waals surface area (Å²) in [5.41, 5.74) is 0.952. The van der Waals surface area contributed by atoms with Crippen LogP contribution in [0.4, 0.5) is 10.5 Å². The Kier molecular flexibility index (Phi) is 9.21. The number of ether oxygens (including phenoxy) is 1. The van der Waals surface area contributed by atoms with Crippen LogP contribution in [0.15, 0.2) is 18.2 Å². The molecule has 1 aromatic carbocycles. The van der Waals surface area contributed by atoms with E-state index in [9.17, 15) is 9.59 Å². The van der Waals surface area contributed by atoms with E-state index >= 15 is 0 Å². The highest BCUT2D eigenvalue weighted by Crippen LogP contribution is 2.25. The Morgan fingerprint density at radius 2 is 2.10 bits per heavy atom. The largest absolute Gasteiger partial charge is 0.444 e. The minimum atomic E-state index is -0.607. The van der Waals surface area contributed by atoms with Gasteiger partial charge in [0.25, 0.3) is 0 Å². The molecule has 1 fully saturated rings. The van der Waals surface area contributed by atoms with Gasteiger partial charge in [-0.1, -0.05) is 30.5 Å². The maximum absolute atomic E-state index is 13.0. The summed E-state index contributed by atoms with van der Waals surface area (Å²) in [7, 11) is 0. The minimum absolute atomic E-state index is 0.227. The Hall–Kier alpha value is -2.23. The second-order valence-electron chi connectivity index (χ2n) is 8.90. The number of benzene rings is 1. The van der Waals surface area contributed by atoms with Crippen molar-refractivity contribution in [3.63, 3.8) is 0 Å². The van der Waals surface area contributed by atoms with Crippen LogP contribution in [0.25, 0.3) is 0 Å². The SMILES string of the molecule is C#CCN(CCC)Cc1ccc(NC(=O)[C@H]2CCCCN2C(=O)OC(C)(C)C)cc1Cl. The number of hydrogen-bond donors (Lipinski definition) is 1. The molecule has 2 rings (SSSR count). The summed E-state index contributed by atoms with van der Waals surface area (Å²) in [6.07, 6.45) is 8.36. The average Bonchev–Trinajstić information content (AvgIpc) is 2.69. The number of nitrogens with zero attached hydrogens (tertiary/aromatic N) is 2. The van der Waals surface area contributed by atoms with Crippen LogP contribution in [0.5, 0.6) is 0 Å². The number of halogens is 1. The molecule has 31 heavy (non-hydrogen) atoms. The second-order valence-corrected chi connectivity index (χ2v) is 9.30. The Bertz CT molecular complexity index is 813. The number of anilines is 1. The third kappa shape index (κ3) is 7.75. The summed E-state index contributed by atoms with van der Waals surface area (Å²) in [6.45, 7) is 10.2. The highest BCUT2D eigenvalue weighted by Gasteiger charge is 2.34. The van der Waals surface area contributed by atoms with E-state index in [0.29, 0.717) is 36.8 Å². The summed E-state index contributed by atoms with van der Waals surface area (Å²) in [5, 5.41) is 3.48. The highest BCUT2D eigenvalue weighted by atomic mass is 35.5.